The maximum absolute atomic E-state index is 10.6. The van der Waals surface area contributed by atoms with E-state index in [1.165, 1.54) is 7.11 Å². The van der Waals surface area contributed by atoms with Crippen LogP contribution in [-0.4, -0.2) is 30.2 Å². The summed E-state index contributed by atoms with van der Waals surface area (Å²) in [6, 6.07) is -0.823. The Kier molecular flexibility index (Phi) is 7.88. The van der Waals surface area contributed by atoms with Gasteiger partial charge in [0.2, 0.25) is 0 Å². The third-order valence-electron chi connectivity index (χ3n) is 1.17. The van der Waals surface area contributed by atoms with Crippen LogP contribution in [0.4, 0.5) is 0 Å². The molecule has 0 heterocycles. The minimum atomic E-state index is -0.968. The van der Waals surface area contributed by atoms with Crippen molar-refractivity contribution >= 4 is 24.3 Å². The van der Waals surface area contributed by atoms with Crippen LogP contribution in [0, 0.1) is 0 Å². The lowest BCUT2D eigenvalue weighted by Crippen LogP contribution is -2.31. The van der Waals surface area contributed by atoms with E-state index >= 15 is 0 Å². The number of methoxy groups -OCH3 is 1. The molecule has 0 amide bonds. The van der Waals surface area contributed by atoms with Gasteiger partial charge in [-0.2, -0.15) is 0 Å². The van der Waals surface area contributed by atoms with Crippen LogP contribution in [0.5, 0.6) is 0 Å². The Balaban J connectivity index is 0. The van der Waals surface area contributed by atoms with Crippen LogP contribution in [0.25, 0.3) is 0 Å². The number of carbonyl (C=O) groups excluding carboxylic acids is 1. The van der Waals surface area contributed by atoms with Crippen molar-refractivity contribution < 1.29 is 19.4 Å². The molecule has 0 aliphatic carbocycles. The second-order valence-electron chi connectivity index (χ2n) is 2.06. The second kappa shape index (κ2) is 6.87. The molecule has 0 saturated carbocycles. The van der Waals surface area contributed by atoms with Crippen LogP contribution in [0.3, 0.4) is 0 Å². The molecule has 0 fully saturated rings. The molecule has 5 nitrogen and oxygen atoms in total. The molecule has 0 spiro atoms. The highest BCUT2D eigenvalue weighted by molar-refractivity contribution is 5.85. The van der Waals surface area contributed by atoms with Crippen molar-refractivity contribution in [1.82, 2.24) is 0 Å². The van der Waals surface area contributed by atoms with Crippen molar-refractivity contribution in [3.63, 3.8) is 0 Å². The molecule has 12 heavy (non-hydrogen) atoms. The lowest BCUT2D eigenvalue weighted by atomic mass is 10.2. The maximum Gasteiger partial charge on any atom is 0.322 e. The van der Waals surface area contributed by atoms with Crippen molar-refractivity contribution in [2.24, 2.45) is 5.73 Å². The third-order valence-corrected chi connectivity index (χ3v) is 1.17. The highest BCUT2D eigenvalue weighted by Crippen LogP contribution is 1.95. The van der Waals surface area contributed by atoms with E-state index in [2.05, 4.69) is 4.74 Å². The van der Waals surface area contributed by atoms with Crippen LogP contribution in [0.1, 0.15) is 12.8 Å². The molecule has 0 radical (unpaired) electrons. The standard InChI is InChI=1S/C6H11NO4.ClH/c1-11-6(10)4(7)2-3-5(8)9;/h4H,2-3,7H2,1H3,(H,8,9);1H. The van der Waals surface area contributed by atoms with Crippen LogP contribution >= 0.6 is 12.4 Å². The molecule has 0 bridgehead atoms. The summed E-state index contributed by atoms with van der Waals surface area (Å²) in [6.07, 6.45) is -0.00171. The summed E-state index contributed by atoms with van der Waals surface area (Å²) in [6.45, 7) is 0. The summed E-state index contributed by atoms with van der Waals surface area (Å²) in [4.78, 5) is 20.6. The van der Waals surface area contributed by atoms with Gasteiger partial charge >= 0.3 is 11.9 Å². The van der Waals surface area contributed by atoms with E-state index in [1.807, 2.05) is 0 Å². The number of esters is 1. The lowest BCUT2D eigenvalue weighted by molar-refractivity contribution is -0.142. The fourth-order valence-corrected chi connectivity index (χ4v) is 0.548. The topological polar surface area (TPSA) is 89.6 Å². The second-order valence-corrected chi connectivity index (χ2v) is 2.06. The predicted octanol–water partition coefficient (Wildman–Crippen LogP) is -0.227. The number of carboxylic acid groups (broad SMARTS) is 1. The summed E-state index contributed by atoms with van der Waals surface area (Å²) in [5.74, 6) is -1.55. The summed E-state index contributed by atoms with van der Waals surface area (Å²) < 4.78 is 4.29. The van der Waals surface area contributed by atoms with Crippen molar-refractivity contribution in [2.75, 3.05) is 7.11 Å². The molecular formula is C6H12ClNO4. The molecule has 0 aromatic heterocycles. The van der Waals surface area contributed by atoms with Gasteiger partial charge in [-0.25, -0.2) is 0 Å². The molecule has 0 saturated heterocycles. The molecule has 1 atom stereocenters. The third kappa shape index (κ3) is 5.94. The van der Waals surface area contributed by atoms with E-state index in [9.17, 15) is 9.59 Å². The zero-order valence-electron chi connectivity index (χ0n) is 6.65. The van der Waals surface area contributed by atoms with Crippen molar-refractivity contribution in [3.8, 4) is 0 Å². The van der Waals surface area contributed by atoms with E-state index in [1.54, 1.807) is 0 Å². The van der Waals surface area contributed by atoms with Crippen LogP contribution < -0.4 is 5.73 Å². The average Bonchev–Trinajstić information content (AvgIpc) is 1.98. The molecule has 3 N–H and O–H groups in total. The fraction of sp³-hybridized carbons (Fsp3) is 0.667. The number of hydrogen-bond donors (Lipinski definition) is 2. The SMILES string of the molecule is COC(=O)C(N)CCC(=O)O.Cl. The molecule has 0 aliphatic rings. The highest BCUT2D eigenvalue weighted by Gasteiger charge is 2.14. The number of ether oxygens (including phenoxy) is 1. The summed E-state index contributed by atoms with van der Waals surface area (Å²) in [5.41, 5.74) is 5.24. The first kappa shape index (κ1) is 13.8. The van der Waals surface area contributed by atoms with Gasteiger partial charge in [0.25, 0.3) is 0 Å². The van der Waals surface area contributed by atoms with E-state index in [-0.39, 0.29) is 25.2 Å². The Hall–Kier alpha value is -0.810. The Morgan fingerprint density at radius 3 is 2.42 bits per heavy atom. The van der Waals surface area contributed by atoms with E-state index in [4.69, 9.17) is 10.8 Å². The lowest BCUT2D eigenvalue weighted by Gasteiger charge is -2.05. The molecule has 6 heteroatoms. The number of halogens is 1. The smallest absolute Gasteiger partial charge is 0.322 e. The van der Waals surface area contributed by atoms with E-state index < -0.39 is 18.0 Å². The van der Waals surface area contributed by atoms with Gasteiger partial charge in [0, 0.05) is 6.42 Å². The molecule has 72 valence electrons. The molecule has 0 aliphatic heterocycles. The summed E-state index contributed by atoms with van der Waals surface area (Å²) >= 11 is 0. The number of carbonyl (C=O) groups is 2. The average molecular weight is 198 g/mol. The largest absolute Gasteiger partial charge is 0.481 e. The Morgan fingerprint density at radius 2 is 2.08 bits per heavy atom. The minimum absolute atomic E-state index is 0. The number of hydrogen-bond acceptors (Lipinski definition) is 4. The Morgan fingerprint density at radius 1 is 1.58 bits per heavy atom. The number of carboxylic acids is 1. The van der Waals surface area contributed by atoms with Gasteiger partial charge in [0.1, 0.15) is 6.04 Å². The normalized spacial score (nSPS) is 11.2. The van der Waals surface area contributed by atoms with Gasteiger partial charge in [-0.15, -0.1) is 12.4 Å². The summed E-state index contributed by atoms with van der Waals surface area (Å²) in [5, 5.41) is 8.21. The first-order valence-corrected chi connectivity index (χ1v) is 3.13. The van der Waals surface area contributed by atoms with Crippen molar-refractivity contribution in [3.05, 3.63) is 0 Å². The zero-order chi connectivity index (χ0) is 8.85. The predicted molar refractivity (Wildman–Crippen MR) is 44.1 cm³/mol. The fourth-order valence-electron chi connectivity index (χ4n) is 0.548. The molecular weight excluding hydrogens is 186 g/mol. The van der Waals surface area contributed by atoms with Crippen LogP contribution in [0.15, 0.2) is 0 Å². The van der Waals surface area contributed by atoms with Crippen LogP contribution in [0.2, 0.25) is 0 Å². The minimum Gasteiger partial charge on any atom is -0.481 e. The first-order valence-electron chi connectivity index (χ1n) is 3.13. The van der Waals surface area contributed by atoms with Gasteiger partial charge in [0.05, 0.1) is 7.11 Å². The van der Waals surface area contributed by atoms with Gasteiger partial charge in [-0.05, 0) is 6.42 Å². The van der Waals surface area contributed by atoms with E-state index in [0.29, 0.717) is 0 Å². The van der Waals surface area contributed by atoms with Gasteiger partial charge in [-0.3, -0.25) is 9.59 Å². The molecule has 0 aromatic carbocycles. The molecule has 0 rings (SSSR count). The van der Waals surface area contributed by atoms with Gasteiger partial charge in [0.15, 0.2) is 0 Å². The number of nitrogens with two attached hydrogens (primary N) is 1. The van der Waals surface area contributed by atoms with Gasteiger partial charge in [-0.1, -0.05) is 0 Å². The Bertz CT molecular complexity index is 162. The first-order chi connectivity index (χ1) is 5.07. The maximum atomic E-state index is 10.6. The quantitative estimate of drug-likeness (QED) is 0.608. The molecule has 0 aromatic rings. The van der Waals surface area contributed by atoms with E-state index in [0.717, 1.165) is 0 Å². The zero-order valence-corrected chi connectivity index (χ0v) is 7.47. The summed E-state index contributed by atoms with van der Waals surface area (Å²) in [7, 11) is 1.21. The number of rotatable bonds is 4. The van der Waals surface area contributed by atoms with Crippen LogP contribution in [-0.2, 0) is 14.3 Å². The van der Waals surface area contributed by atoms with Gasteiger partial charge < -0.3 is 15.6 Å². The van der Waals surface area contributed by atoms with Crippen molar-refractivity contribution in [2.45, 2.75) is 18.9 Å². The highest BCUT2D eigenvalue weighted by atomic mass is 35.5. The number of aliphatic carboxylic acids is 1. The monoisotopic (exact) mass is 197 g/mol. The Labute approximate surface area is 76.3 Å². The van der Waals surface area contributed by atoms with Crippen molar-refractivity contribution in [1.29, 1.82) is 0 Å². The molecule has 1 unspecified atom stereocenters.